The Bertz CT molecular complexity index is 717. The van der Waals surface area contributed by atoms with Crippen molar-refractivity contribution in [3.05, 3.63) is 47.5 Å². The molecule has 6 nitrogen and oxygen atoms in total. The third-order valence-corrected chi connectivity index (χ3v) is 5.26. The molecular weight excluding hydrogens is 316 g/mol. The molecule has 0 radical (unpaired) electrons. The Labute approximate surface area is 148 Å². The lowest BCUT2D eigenvalue weighted by molar-refractivity contribution is -0.000545. The number of rotatable bonds is 5. The summed E-state index contributed by atoms with van der Waals surface area (Å²) in [5.74, 6) is 0. The fraction of sp³-hybridized carbons (Fsp3) is 0.579. The molecule has 2 unspecified atom stereocenters. The smallest absolute Gasteiger partial charge is 0.0847 e. The van der Waals surface area contributed by atoms with Crippen LogP contribution in [0, 0.1) is 6.92 Å². The molecule has 2 fully saturated rings. The van der Waals surface area contributed by atoms with Crippen molar-refractivity contribution in [2.45, 2.75) is 44.6 Å². The lowest BCUT2D eigenvalue weighted by atomic mass is 9.98. The first kappa shape index (κ1) is 16.7. The second-order valence-electron chi connectivity index (χ2n) is 7.35. The summed E-state index contributed by atoms with van der Waals surface area (Å²) in [7, 11) is 2.02. The Morgan fingerprint density at radius 2 is 2.36 bits per heavy atom. The van der Waals surface area contributed by atoms with Crippen LogP contribution in [0.15, 0.2) is 30.6 Å². The monoisotopic (exact) mass is 342 g/mol. The number of ether oxygens (including phenoxy) is 2. The minimum absolute atomic E-state index is 0.0345. The highest BCUT2D eigenvalue weighted by Gasteiger charge is 2.45. The van der Waals surface area contributed by atoms with E-state index in [1.165, 1.54) is 5.69 Å². The molecule has 2 aromatic heterocycles. The van der Waals surface area contributed by atoms with Crippen LogP contribution in [0.2, 0.25) is 0 Å². The first-order valence-corrected chi connectivity index (χ1v) is 8.98. The summed E-state index contributed by atoms with van der Waals surface area (Å²) in [5, 5.41) is 4.44. The van der Waals surface area contributed by atoms with Crippen molar-refractivity contribution in [1.29, 1.82) is 0 Å². The van der Waals surface area contributed by atoms with Crippen molar-refractivity contribution in [2.24, 2.45) is 7.05 Å². The molecule has 1 spiro atoms. The van der Waals surface area contributed by atoms with Crippen LogP contribution < -0.4 is 0 Å². The van der Waals surface area contributed by atoms with Crippen LogP contribution in [-0.2, 0) is 29.7 Å². The predicted octanol–water partition coefficient (Wildman–Crippen LogP) is 2.07. The summed E-state index contributed by atoms with van der Waals surface area (Å²) in [5.41, 5.74) is 3.42. The molecule has 2 saturated heterocycles. The fourth-order valence-electron chi connectivity index (χ4n) is 4.00. The number of hydrogen-bond donors (Lipinski definition) is 0. The molecule has 0 aliphatic carbocycles. The second-order valence-corrected chi connectivity index (χ2v) is 7.35. The molecule has 0 saturated carbocycles. The Morgan fingerprint density at radius 1 is 1.44 bits per heavy atom. The van der Waals surface area contributed by atoms with Crippen molar-refractivity contribution in [3.8, 4) is 0 Å². The highest BCUT2D eigenvalue weighted by Crippen LogP contribution is 2.37. The van der Waals surface area contributed by atoms with E-state index < -0.39 is 0 Å². The van der Waals surface area contributed by atoms with Crippen LogP contribution in [0.25, 0.3) is 0 Å². The van der Waals surface area contributed by atoms with Gasteiger partial charge in [-0.1, -0.05) is 6.07 Å². The summed E-state index contributed by atoms with van der Waals surface area (Å²) in [6.07, 6.45) is 5.89. The summed E-state index contributed by atoms with van der Waals surface area (Å²) in [4.78, 5) is 6.61. The van der Waals surface area contributed by atoms with E-state index in [1.54, 1.807) is 6.20 Å². The molecule has 2 aromatic rings. The molecule has 25 heavy (non-hydrogen) atoms. The van der Waals surface area contributed by atoms with E-state index in [9.17, 15) is 0 Å². The maximum absolute atomic E-state index is 6.20. The lowest BCUT2D eigenvalue weighted by Gasteiger charge is -2.23. The van der Waals surface area contributed by atoms with Crippen LogP contribution in [0.1, 0.15) is 29.8 Å². The number of aromatic nitrogens is 3. The summed E-state index contributed by atoms with van der Waals surface area (Å²) in [6, 6.07) is 6.16. The molecule has 0 N–H and O–H groups in total. The van der Waals surface area contributed by atoms with E-state index in [2.05, 4.69) is 21.0 Å². The molecule has 4 rings (SSSR count). The van der Waals surface area contributed by atoms with Crippen molar-refractivity contribution in [2.75, 3.05) is 19.7 Å². The number of pyridine rings is 1. The third-order valence-electron chi connectivity index (χ3n) is 5.26. The maximum Gasteiger partial charge on any atom is 0.0847 e. The van der Waals surface area contributed by atoms with E-state index in [0.717, 1.165) is 43.7 Å². The zero-order chi connectivity index (χ0) is 17.3. The largest absolute Gasteiger partial charge is 0.371 e. The third kappa shape index (κ3) is 3.76. The molecule has 134 valence electrons. The van der Waals surface area contributed by atoms with Gasteiger partial charge in [-0.2, -0.15) is 5.10 Å². The zero-order valence-corrected chi connectivity index (χ0v) is 15.0. The van der Waals surface area contributed by atoms with Gasteiger partial charge in [0.15, 0.2) is 0 Å². The molecular formula is C19H26N4O2. The van der Waals surface area contributed by atoms with Gasteiger partial charge in [-0.25, -0.2) is 0 Å². The zero-order valence-electron chi connectivity index (χ0n) is 15.0. The molecule has 2 atom stereocenters. The Hall–Kier alpha value is -1.76. The van der Waals surface area contributed by atoms with Crippen LogP contribution in [-0.4, -0.2) is 51.1 Å². The second kappa shape index (κ2) is 6.86. The average molecular weight is 342 g/mol. The molecule has 6 heteroatoms. The summed E-state index contributed by atoms with van der Waals surface area (Å²) < 4.78 is 14.2. The minimum Gasteiger partial charge on any atom is -0.371 e. The van der Waals surface area contributed by atoms with Gasteiger partial charge in [0, 0.05) is 45.5 Å². The van der Waals surface area contributed by atoms with Gasteiger partial charge in [0.2, 0.25) is 0 Å². The van der Waals surface area contributed by atoms with E-state index in [0.29, 0.717) is 13.2 Å². The summed E-state index contributed by atoms with van der Waals surface area (Å²) in [6.45, 7) is 6.32. The van der Waals surface area contributed by atoms with Crippen molar-refractivity contribution in [1.82, 2.24) is 19.7 Å². The minimum atomic E-state index is -0.0345. The molecule has 0 bridgehead atoms. The van der Waals surface area contributed by atoms with Gasteiger partial charge in [0.1, 0.15) is 0 Å². The number of nitrogens with zero attached hydrogens (tertiary/aromatic N) is 4. The van der Waals surface area contributed by atoms with Crippen LogP contribution >= 0.6 is 0 Å². The van der Waals surface area contributed by atoms with Crippen LogP contribution in [0.3, 0.4) is 0 Å². The van der Waals surface area contributed by atoms with Gasteiger partial charge >= 0.3 is 0 Å². The van der Waals surface area contributed by atoms with Gasteiger partial charge in [0.25, 0.3) is 0 Å². The lowest BCUT2D eigenvalue weighted by Crippen LogP contribution is -2.33. The Balaban J connectivity index is 1.30. The topological polar surface area (TPSA) is 52.4 Å². The van der Waals surface area contributed by atoms with E-state index in [1.807, 2.05) is 37.0 Å². The number of likely N-dealkylation sites (tertiary alicyclic amines) is 1. The molecule has 2 aliphatic rings. The Kier molecular flexibility index (Phi) is 4.58. The number of hydrogen-bond acceptors (Lipinski definition) is 5. The van der Waals surface area contributed by atoms with E-state index in [-0.39, 0.29) is 11.7 Å². The maximum atomic E-state index is 6.20. The van der Waals surface area contributed by atoms with Gasteiger partial charge < -0.3 is 9.47 Å². The number of aryl methyl sites for hydroxylation is 2. The van der Waals surface area contributed by atoms with Crippen LogP contribution in [0.5, 0.6) is 0 Å². The molecule has 4 heterocycles. The normalized spacial score (nSPS) is 26.7. The van der Waals surface area contributed by atoms with Crippen molar-refractivity contribution in [3.63, 3.8) is 0 Å². The highest BCUT2D eigenvalue weighted by atomic mass is 16.6. The first-order chi connectivity index (χ1) is 12.1. The van der Waals surface area contributed by atoms with Gasteiger partial charge in [-0.3, -0.25) is 14.6 Å². The van der Waals surface area contributed by atoms with E-state index in [4.69, 9.17) is 9.47 Å². The molecule has 0 aromatic carbocycles. The Morgan fingerprint density at radius 3 is 3.12 bits per heavy atom. The van der Waals surface area contributed by atoms with E-state index >= 15 is 0 Å². The SMILES string of the molecule is Cc1cc(CN2CCC3(CC(OCc4cccnc4)CO3)C2)n(C)n1. The standard InChI is InChI=1S/C19H26N4O2/c1-15-8-17(22(2)21-15)11-23-7-5-19(14-23)9-18(13-25-19)24-12-16-4-3-6-20-10-16/h3-4,6,8,10,18H,5,7,9,11-14H2,1-2H3. The van der Waals surface area contributed by atoms with Gasteiger partial charge in [-0.15, -0.1) is 0 Å². The van der Waals surface area contributed by atoms with Crippen LogP contribution in [0.4, 0.5) is 0 Å². The average Bonchev–Trinajstić information content (AvgIpc) is 3.28. The highest BCUT2D eigenvalue weighted by molar-refractivity contribution is 5.10. The quantitative estimate of drug-likeness (QED) is 0.833. The van der Waals surface area contributed by atoms with Crippen molar-refractivity contribution >= 4 is 0 Å². The summed E-state index contributed by atoms with van der Waals surface area (Å²) >= 11 is 0. The molecule has 0 amide bonds. The predicted molar refractivity (Wildman–Crippen MR) is 94.0 cm³/mol. The van der Waals surface area contributed by atoms with Gasteiger partial charge in [-0.05, 0) is 31.0 Å². The molecule has 2 aliphatic heterocycles. The van der Waals surface area contributed by atoms with Crippen molar-refractivity contribution < 1.29 is 9.47 Å². The van der Waals surface area contributed by atoms with Gasteiger partial charge in [0.05, 0.1) is 36.3 Å². The first-order valence-electron chi connectivity index (χ1n) is 8.98. The fourth-order valence-corrected chi connectivity index (χ4v) is 4.00.